The molecule has 1 aliphatic heterocycles. The first-order valence-corrected chi connectivity index (χ1v) is 9.51. The van der Waals surface area contributed by atoms with Crippen LogP contribution in [0.15, 0.2) is 36.4 Å². The lowest BCUT2D eigenvalue weighted by Crippen LogP contribution is -2.40. The Morgan fingerprint density at radius 1 is 1.14 bits per heavy atom. The molecule has 2 aromatic rings. The van der Waals surface area contributed by atoms with Gasteiger partial charge in [-0.3, -0.25) is 14.4 Å². The topological polar surface area (TPSA) is 104 Å². The molecule has 7 heteroatoms. The van der Waals surface area contributed by atoms with Gasteiger partial charge in [0.05, 0.1) is 23.3 Å². The average molecular weight is 397 g/mol. The van der Waals surface area contributed by atoms with Gasteiger partial charge in [0, 0.05) is 13.1 Å². The van der Waals surface area contributed by atoms with Crippen LogP contribution in [-0.4, -0.2) is 53.3 Å². The Morgan fingerprint density at radius 3 is 2.69 bits per heavy atom. The maximum atomic E-state index is 12.8. The number of benzene rings is 2. The highest BCUT2D eigenvalue weighted by Crippen LogP contribution is 2.28. The molecule has 0 unspecified atom stereocenters. The number of piperidine rings is 1. The van der Waals surface area contributed by atoms with E-state index in [1.165, 1.54) is 18.2 Å². The van der Waals surface area contributed by atoms with Gasteiger partial charge < -0.3 is 19.8 Å². The van der Waals surface area contributed by atoms with Crippen molar-refractivity contribution in [2.24, 2.45) is 5.92 Å². The number of hydrogen-bond acceptors (Lipinski definition) is 6. The Bertz CT molecular complexity index is 910. The van der Waals surface area contributed by atoms with Gasteiger partial charge in [-0.25, -0.2) is 0 Å². The molecule has 1 atom stereocenters. The van der Waals surface area contributed by atoms with Crippen molar-refractivity contribution in [2.45, 2.75) is 19.3 Å². The number of phenolic OH excluding ortho intramolecular Hbond substituents is 2. The predicted octanol–water partition coefficient (Wildman–Crippen LogP) is 3.04. The van der Waals surface area contributed by atoms with Gasteiger partial charge in [-0.05, 0) is 49.4 Å². The van der Waals surface area contributed by atoms with Crippen LogP contribution in [0.5, 0.6) is 17.2 Å². The maximum Gasteiger partial charge on any atom is 0.257 e. The summed E-state index contributed by atoms with van der Waals surface area (Å²) in [6.07, 6.45) is 3.53. The summed E-state index contributed by atoms with van der Waals surface area (Å²) in [6.45, 7) is 1.46. The molecule has 2 N–H and O–H groups in total. The van der Waals surface area contributed by atoms with Crippen LogP contribution in [0.25, 0.3) is 0 Å². The average Bonchev–Trinajstić information content (AvgIpc) is 2.74. The van der Waals surface area contributed by atoms with Crippen molar-refractivity contribution in [3.8, 4) is 17.2 Å². The van der Waals surface area contributed by atoms with Crippen molar-refractivity contribution in [3.05, 3.63) is 53.1 Å². The van der Waals surface area contributed by atoms with Gasteiger partial charge in [-0.1, -0.05) is 12.1 Å². The fraction of sp³-hybridized carbons (Fsp3) is 0.318. The molecular formula is C22H23NO6. The lowest BCUT2D eigenvalue weighted by molar-refractivity contribution is 0.0653. The minimum atomic E-state index is -0.298. The molecule has 1 fully saturated rings. The second-order valence-corrected chi connectivity index (χ2v) is 7.06. The summed E-state index contributed by atoms with van der Waals surface area (Å²) >= 11 is 0. The first-order chi connectivity index (χ1) is 14.0. The lowest BCUT2D eigenvalue weighted by atomic mass is 9.94. The van der Waals surface area contributed by atoms with Crippen LogP contribution in [0.4, 0.5) is 0 Å². The third-order valence-corrected chi connectivity index (χ3v) is 5.18. The molecule has 3 rings (SSSR count). The minimum Gasteiger partial charge on any atom is -0.507 e. The monoisotopic (exact) mass is 397 g/mol. The van der Waals surface area contributed by atoms with Crippen molar-refractivity contribution >= 4 is 18.5 Å². The van der Waals surface area contributed by atoms with Crippen molar-refractivity contribution in [1.29, 1.82) is 0 Å². The van der Waals surface area contributed by atoms with E-state index in [1.54, 1.807) is 23.1 Å². The molecule has 29 heavy (non-hydrogen) atoms. The fourth-order valence-corrected chi connectivity index (χ4v) is 3.60. The second-order valence-electron chi connectivity index (χ2n) is 7.06. The number of amides is 1. The Kier molecular flexibility index (Phi) is 6.49. The van der Waals surface area contributed by atoms with Crippen LogP contribution < -0.4 is 4.74 Å². The largest absolute Gasteiger partial charge is 0.507 e. The highest BCUT2D eigenvalue weighted by Gasteiger charge is 2.26. The molecule has 1 heterocycles. The number of aldehydes is 2. The molecule has 1 aliphatic rings. The number of phenols is 2. The molecule has 0 radical (unpaired) electrons. The fourth-order valence-electron chi connectivity index (χ4n) is 3.60. The summed E-state index contributed by atoms with van der Waals surface area (Å²) in [4.78, 5) is 36.6. The molecule has 0 bridgehead atoms. The third-order valence-electron chi connectivity index (χ3n) is 5.18. The van der Waals surface area contributed by atoms with Gasteiger partial charge >= 0.3 is 0 Å². The first-order valence-electron chi connectivity index (χ1n) is 9.51. The van der Waals surface area contributed by atoms with E-state index in [-0.39, 0.29) is 40.0 Å². The highest BCUT2D eigenvalue weighted by atomic mass is 16.5. The van der Waals surface area contributed by atoms with Crippen molar-refractivity contribution in [3.63, 3.8) is 0 Å². The number of carbonyl (C=O) groups is 3. The van der Waals surface area contributed by atoms with E-state index in [9.17, 15) is 24.6 Å². The maximum absolute atomic E-state index is 12.8. The van der Waals surface area contributed by atoms with Crippen LogP contribution in [-0.2, 0) is 0 Å². The molecular weight excluding hydrogens is 374 g/mol. The number of hydrogen-bond donors (Lipinski definition) is 2. The normalized spacial score (nSPS) is 16.3. The number of ether oxygens (including phenoxy) is 1. The van der Waals surface area contributed by atoms with E-state index in [2.05, 4.69) is 0 Å². The quantitative estimate of drug-likeness (QED) is 0.696. The zero-order valence-electron chi connectivity index (χ0n) is 15.9. The zero-order valence-corrected chi connectivity index (χ0v) is 15.9. The van der Waals surface area contributed by atoms with Crippen LogP contribution in [0.2, 0.25) is 0 Å². The number of nitrogens with zero attached hydrogens (tertiary/aromatic N) is 1. The van der Waals surface area contributed by atoms with Crippen LogP contribution in [0.1, 0.15) is 50.3 Å². The molecule has 2 aromatic carbocycles. The predicted molar refractivity (Wildman–Crippen MR) is 106 cm³/mol. The summed E-state index contributed by atoms with van der Waals surface area (Å²) in [6, 6.07) is 9.22. The number of carbonyl (C=O) groups excluding carboxylic acids is 3. The van der Waals surface area contributed by atoms with E-state index >= 15 is 0 Å². The molecule has 0 spiro atoms. The van der Waals surface area contributed by atoms with E-state index in [4.69, 9.17) is 4.74 Å². The number of para-hydroxylation sites is 1. The van der Waals surface area contributed by atoms with E-state index in [0.29, 0.717) is 44.4 Å². The number of rotatable bonds is 7. The van der Waals surface area contributed by atoms with Crippen LogP contribution >= 0.6 is 0 Å². The Hall–Kier alpha value is -3.35. The third kappa shape index (κ3) is 4.56. The Morgan fingerprint density at radius 2 is 1.93 bits per heavy atom. The Balaban J connectivity index is 1.60. The lowest BCUT2D eigenvalue weighted by Gasteiger charge is -2.33. The van der Waals surface area contributed by atoms with Crippen LogP contribution in [0.3, 0.4) is 0 Å². The van der Waals surface area contributed by atoms with Gasteiger partial charge in [0.15, 0.2) is 12.6 Å². The molecule has 0 saturated carbocycles. The Labute approximate surface area is 168 Å². The van der Waals surface area contributed by atoms with Crippen molar-refractivity contribution in [1.82, 2.24) is 4.90 Å². The van der Waals surface area contributed by atoms with Crippen molar-refractivity contribution < 1.29 is 29.3 Å². The number of aromatic hydroxyl groups is 2. The van der Waals surface area contributed by atoms with Gasteiger partial charge in [-0.2, -0.15) is 0 Å². The van der Waals surface area contributed by atoms with Crippen LogP contribution in [0, 0.1) is 5.92 Å². The first kappa shape index (κ1) is 20.4. The second kappa shape index (κ2) is 9.23. The zero-order chi connectivity index (χ0) is 20.8. The highest BCUT2D eigenvalue weighted by molar-refractivity contribution is 5.99. The minimum absolute atomic E-state index is 0.0925. The number of likely N-dealkylation sites (tertiary alicyclic amines) is 1. The molecule has 7 nitrogen and oxygen atoms in total. The SMILES string of the molecule is O=Cc1cccc(C(=O)N2CCC[C@@H](CCOc3cccc(O)c3C=O)C2)c1O. The smallest absolute Gasteiger partial charge is 0.257 e. The van der Waals surface area contributed by atoms with Crippen molar-refractivity contribution in [2.75, 3.05) is 19.7 Å². The molecule has 1 saturated heterocycles. The van der Waals surface area contributed by atoms with E-state index < -0.39 is 0 Å². The molecule has 1 amide bonds. The molecule has 0 aliphatic carbocycles. The van der Waals surface area contributed by atoms with Gasteiger partial charge in [-0.15, -0.1) is 0 Å². The molecule has 0 aromatic heterocycles. The van der Waals surface area contributed by atoms with Gasteiger partial charge in [0.25, 0.3) is 5.91 Å². The summed E-state index contributed by atoms with van der Waals surface area (Å²) < 4.78 is 5.67. The van der Waals surface area contributed by atoms with Gasteiger partial charge in [0.2, 0.25) is 0 Å². The summed E-state index contributed by atoms with van der Waals surface area (Å²) in [5, 5.41) is 19.9. The van der Waals surface area contributed by atoms with Gasteiger partial charge in [0.1, 0.15) is 17.2 Å². The van der Waals surface area contributed by atoms with E-state index in [1.807, 2.05) is 0 Å². The summed E-state index contributed by atoms with van der Waals surface area (Å²) in [5.41, 5.74) is 0.343. The summed E-state index contributed by atoms with van der Waals surface area (Å²) in [7, 11) is 0. The standard InChI is InChI=1S/C22H23NO6/c24-13-16-5-1-6-17(21(16)27)22(28)23-10-3-4-15(12-23)9-11-29-20-8-2-7-19(26)18(20)14-25/h1-2,5-8,13-15,26-27H,3-4,9-12H2/t15-/m0/s1. The molecule has 152 valence electrons. The summed E-state index contributed by atoms with van der Waals surface area (Å²) in [5.74, 6) is -0.166. The van der Waals surface area contributed by atoms with E-state index in [0.717, 1.165) is 12.8 Å².